The molecule has 1 heterocycles. The van der Waals surface area contributed by atoms with E-state index in [4.69, 9.17) is 17.3 Å². The van der Waals surface area contributed by atoms with Crippen LogP contribution >= 0.6 is 11.6 Å². The highest BCUT2D eigenvalue weighted by Gasteiger charge is 2.13. The molecule has 0 saturated carbocycles. The predicted octanol–water partition coefficient (Wildman–Crippen LogP) is 0.676. The first kappa shape index (κ1) is 11.8. The van der Waals surface area contributed by atoms with Gasteiger partial charge in [0, 0.05) is 13.1 Å². The van der Waals surface area contributed by atoms with Crippen LogP contribution in [-0.4, -0.2) is 9.13 Å². The van der Waals surface area contributed by atoms with E-state index in [9.17, 15) is 9.59 Å². The van der Waals surface area contributed by atoms with Gasteiger partial charge < -0.3 is 5.73 Å². The first-order valence-electron chi connectivity index (χ1n) is 4.83. The average molecular weight is 232 g/mol. The smallest absolute Gasteiger partial charge is 0.332 e. The van der Waals surface area contributed by atoms with E-state index in [1.165, 1.54) is 4.57 Å². The van der Waals surface area contributed by atoms with Crippen molar-refractivity contribution in [1.29, 1.82) is 0 Å². The fraction of sp³-hybridized carbons (Fsp3) is 0.556. The summed E-state index contributed by atoms with van der Waals surface area (Å²) in [5, 5.41) is -0.0788. The van der Waals surface area contributed by atoms with Crippen molar-refractivity contribution in [3.05, 3.63) is 25.9 Å². The maximum atomic E-state index is 11.8. The van der Waals surface area contributed by atoms with Gasteiger partial charge in [0.2, 0.25) is 0 Å². The normalized spacial score (nSPS) is 10.6. The number of aromatic nitrogens is 2. The lowest BCUT2D eigenvalue weighted by Gasteiger charge is -2.12. The molecule has 0 amide bonds. The van der Waals surface area contributed by atoms with Crippen molar-refractivity contribution < 1.29 is 0 Å². The molecule has 0 aliphatic rings. The zero-order chi connectivity index (χ0) is 11.6. The number of hydrogen-bond donors (Lipinski definition) is 1. The molecule has 1 aromatic rings. The Morgan fingerprint density at radius 3 is 2.33 bits per heavy atom. The molecule has 15 heavy (non-hydrogen) atoms. The molecule has 0 fully saturated rings. The quantitative estimate of drug-likeness (QED) is 0.832. The summed E-state index contributed by atoms with van der Waals surface area (Å²) >= 11 is 5.76. The Kier molecular flexibility index (Phi) is 3.57. The van der Waals surface area contributed by atoms with Crippen LogP contribution < -0.4 is 17.0 Å². The third-order valence-electron chi connectivity index (χ3n) is 2.17. The van der Waals surface area contributed by atoms with Crippen LogP contribution in [0.2, 0.25) is 5.02 Å². The van der Waals surface area contributed by atoms with E-state index in [1.807, 2.05) is 6.92 Å². The maximum Gasteiger partial charge on any atom is 0.332 e. The standard InChI is InChI=1S/C9H14ClN3O2/c1-3-5-13-7(11)6(10)8(14)12(4-2)9(13)15/h3-5,11H2,1-2H3. The third-order valence-corrected chi connectivity index (χ3v) is 2.53. The Morgan fingerprint density at radius 2 is 1.87 bits per heavy atom. The SMILES string of the molecule is CCCn1c(N)c(Cl)c(=O)n(CC)c1=O. The fourth-order valence-corrected chi connectivity index (χ4v) is 1.60. The fourth-order valence-electron chi connectivity index (χ4n) is 1.40. The Bertz CT molecular complexity index is 475. The number of nitrogens with two attached hydrogens (primary N) is 1. The largest absolute Gasteiger partial charge is 0.384 e. The first-order valence-corrected chi connectivity index (χ1v) is 5.20. The van der Waals surface area contributed by atoms with Gasteiger partial charge in [0.05, 0.1) is 0 Å². The van der Waals surface area contributed by atoms with Crippen molar-refractivity contribution in [1.82, 2.24) is 9.13 Å². The van der Waals surface area contributed by atoms with Crippen LogP contribution in [0.25, 0.3) is 0 Å². The minimum Gasteiger partial charge on any atom is -0.384 e. The highest BCUT2D eigenvalue weighted by atomic mass is 35.5. The Hall–Kier alpha value is -1.23. The summed E-state index contributed by atoms with van der Waals surface area (Å²) in [5.74, 6) is 0.0539. The Labute approximate surface area is 92.1 Å². The van der Waals surface area contributed by atoms with Crippen molar-refractivity contribution in [3.63, 3.8) is 0 Å². The molecule has 84 valence electrons. The lowest BCUT2D eigenvalue weighted by atomic mass is 10.4. The van der Waals surface area contributed by atoms with Gasteiger partial charge in [-0.2, -0.15) is 0 Å². The van der Waals surface area contributed by atoms with Crippen LogP contribution in [0.1, 0.15) is 20.3 Å². The number of rotatable bonds is 3. The molecule has 0 aliphatic carbocycles. The molecule has 0 saturated heterocycles. The lowest BCUT2D eigenvalue weighted by molar-refractivity contribution is 0.569. The van der Waals surface area contributed by atoms with Crippen LogP contribution in [0, 0.1) is 0 Å². The molecule has 1 aromatic heterocycles. The van der Waals surface area contributed by atoms with Crippen molar-refractivity contribution >= 4 is 17.4 Å². The van der Waals surface area contributed by atoms with Gasteiger partial charge in [0.15, 0.2) is 0 Å². The molecule has 0 aliphatic heterocycles. The monoisotopic (exact) mass is 231 g/mol. The number of anilines is 1. The minimum atomic E-state index is -0.519. The van der Waals surface area contributed by atoms with Crippen LogP contribution in [0.4, 0.5) is 5.82 Å². The van der Waals surface area contributed by atoms with Crippen LogP contribution in [0.5, 0.6) is 0 Å². The Morgan fingerprint density at radius 1 is 1.27 bits per heavy atom. The summed E-state index contributed by atoms with van der Waals surface area (Å²) in [4.78, 5) is 23.3. The van der Waals surface area contributed by atoms with Gasteiger partial charge >= 0.3 is 5.69 Å². The van der Waals surface area contributed by atoms with E-state index >= 15 is 0 Å². The molecule has 6 heteroatoms. The highest BCUT2D eigenvalue weighted by Crippen LogP contribution is 2.10. The van der Waals surface area contributed by atoms with Gasteiger partial charge in [-0.3, -0.25) is 13.9 Å². The summed E-state index contributed by atoms with van der Waals surface area (Å²) in [7, 11) is 0. The maximum absolute atomic E-state index is 11.8. The summed E-state index contributed by atoms with van der Waals surface area (Å²) < 4.78 is 2.40. The number of halogens is 1. The average Bonchev–Trinajstić information content (AvgIpc) is 2.22. The molecule has 0 unspecified atom stereocenters. The highest BCUT2D eigenvalue weighted by molar-refractivity contribution is 6.32. The summed E-state index contributed by atoms with van der Waals surface area (Å²) in [6, 6.07) is 0. The molecule has 2 N–H and O–H groups in total. The number of hydrogen-bond acceptors (Lipinski definition) is 3. The molecular formula is C9H14ClN3O2. The molecule has 0 atom stereocenters. The van der Waals surface area contributed by atoms with Crippen LogP contribution in [0.15, 0.2) is 9.59 Å². The topological polar surface area (TPSA) is 70.0 Å². The zero-order valence-electron chi connectivity index (χ0n) is 8.79. The van der Waals surface area contributed by atoms with Crippen molar-refractivity contribution in [2.24, 2.45) is 0 Å². The van der Waals surface area contributed by atoms with E-state index in [0.717, 1.165) is 11.0 Å². The first-order chi connectivity index (χ1) is 7.04. The molecule has 0 radical (unpaired) electrons. The molecular weight excluding hydrogens is 218 g/mol. The Balaban J connectivity index is 3.61. The predicted molar refractivity (Wildman–Crippen MR) is 60.3 cm³/mol. The van der Waals surface area contributed by atoms with Gasteiger partial charge in [0.25, 0.3) is 5.56 Å². The molecule has 0 bridgehead atoms. The third kappa shape index (κ3) is 1.92. The van der Waals surface area contributed by atoms with E-state index < -0.39 is 11.2 Å². The molecule has 0 aromatic carbocycles. The van der Waals surface area contributed by atoms with Crippen molar-refractivity contribution in [2.75, 3.05) is 5.73 Å². The van der Waals surface area contributed by atoms with Gasteiger partial charge in [-0.25, -0.2) is 4.79 Å². The van der Waals surface area contributed by atoms with Crippen molar-refractivity contribution in [3.8, 4) is 0 Å². The molecule has 1 rings (SSSR count). The summed E-state index contributed by atoms with van der Waals surface area (Å²) in [5.41, 5.74) is 4.70. The van der Waals surface area contributed by atoms with Gasteiger partial charge in [-0.15, -0.1) is 0 Å². The minimum absolute atomic E-state index is 0.0539. The van der Waals surface area contributed by atoms with Gasteiger partial charge in [-0.1, -0.05) is 18.5 Å². The summed E-state index contributed by atoms with van der Waals surface area (Å²) in [6.07, 6.45) is 0.752. The number of nitrogen functional groups attached to an aromatic ring is 1. The second-order valence-corrected chi connectivity index (χ2v) is 3.56. The van der Waals surface area contributed by atoms with E-state index in [1.54, 1.807) is 6.92 Å². The van der Waals surface area contributed by atoms with Crippen molar-refractivity contribution in [2.45, 2.75) is 33.4 Å². The molecule has 5 nitrogen and oxygen atoms in total. The van der Waals surface area contributed by atoms with Crippen LogP contribution in [0.3, 0.4) is 0 Å². The molecule has 0 spiro atoms. The van der Waals surface area contributed by atoms with Gasteiger partial charge in [0.1, 0.15) is 10.8 Å². The van der Waals surface area contributed by atoms with E-state index in [2.05, 4.69) is 0 Å². The second kappa shape index (κ2) is 4.53. The zero-order valence-corrected chi connectivity index (χ0v) is 9.54. The number of nitrogens with zero attached hydrogens (tertiary/aromatic N) is 2. The lowest BCUT2D eigenvalue weighted by Crippen LogP contribution is -2.41. The van der Waals surface area contributed by atoms with E-state index in [-0.39, 0.29) is 10.8 Å². The summed E-state index contributed by atoms with van der Waals surface area (Å²) in [6.45, 7) is 4.39. The van der Waals surface area contributed by atoms with Gasteiger partial charge in [-0.05, 0) is 13.3 Å². The second-order valence-electron chi connectivity index (χ2n) is 3.18. The van der Waals surface area contributed by atoms with E-state index in [0.29, 0.717) is 13.1 Å². The van der Waals surface area contributed by atoms with Crippen LogP contribution in [-0.2, 0) is 13.1 Å².